The number of phenols is 1. The van der Waals surface area contributed by atoms with Gasteiger partial charge in [0.1, 0.15) is 0 Å². The van der Waals surface area contributed by atoms with Gasteiger partial charge in [-0.05, 0) is 11.5 Å². The van der Waals surface area contributed by atoms with Gasteiger partial charge < -0.3 is 5.11 Å². The minimum absolute atomic E-state index is 0.136. The van der Waals surface area contributed by atoms with Crippen molar-refractivity contribution >= 4 is 26.6 Å². The summed E-state index contributed by atoms with van der Waals surface area (Å²) in [5.74, 6) is -0.786. The number of benzene rings is 2. The molecule has 0 atom stereocenters. The lowest BCUT2D eigenvalue weighted by atomic mass is 10.1. The maximum atomic E-state index is 11.1. The van der Waals surface area contributed by atoms with Gasteiger partial charge in [0, 0.05) is 5.39 Å². The van der Waals surface area contributed by atoms with Crippen molar-refractivity contribution in [2.45, 2.75) is 4.90 Å². The maximum Gasteiger partial charge on any atom is 0.332 e. The van der Waals surface area contributed by atoms with E-state index in [0.717, 1.165) is 6.07 Å². The summed E-state index contributed by atoms with van der Waals surface area (Å²) in [6.45, 7) is 0. The smallest absolute Gasteiger partial charge is 0.332 e. The summed E-state index contributed by atoms with van der Waals surface area (Å²) >= 11 is 0. The molecule has 0 bridgehead atoms. The van der Waals surface area contributed by atoms with Gasteiger partial charge >= 0.3 is 15.8 Å². The molecule has 2 N–H and O–H groups in total. The molecule has 2 aromatic rings. The highest BCUT2D eigenvalue weighted by Crippen LogP contribution is 2.39. The van der Waals surface area contributed by atoms with E-state index in [-0.39, 0.29) is 10.8 Å². The third-order valence-electron chi connectivity index (χ3n) is 2.42. The summed E-state index contributed by atoms with van der Waals surface area (Å²) in [6.07, 6.45) is 0. The number of hydrogen-bond acceptors (Lipinski definition) is 5. The predicted molar refractivity (Wildman–Crippen MR) is 62.1 cm³/mol. The van der Waals surface area contributed by atoms with Crippen LogP contribution < -0.4 is 0 Å². The molecular weight excluding hydrogens is 262 g/mol. The Bertz CT molecular complexity index is 752. The average molecular weight is 269 g/mol. The van der Waals surface area contributed by atoms with Gasteiger partial charge in [0.05, 0.1) is 4.92 Å². The molecule has 7 nitrogen and oxygen atoms in total. The van der Waals surface area contributed by atoms with Gasteiger partial charge in [-0.3, -0.25) is 14.7 Å². The highest BCUT2D eigenvalue weighted by atomic mass is 32.2. The van der Waals surface area contributed by atoms with Gasteiger partial charge in [-0.15, -0.1) is 0 Å². The number of nitro groups is 1. The third kappa shape index (κ3) is 1.87. The van der Waals surface area contributed by atoms with Crippen LogP contribution in [0.2, 0.25) is 0 Å². The van der Waals surface area contributed by atoms with Gasteiger partial charge in [0.25, 0.3) is 0 Å². The normalized spacial score (nSPS) is 11.6. The average Bonchev–Trinajstić information content (AvgIpc) is 2.27. The molecule has 2 aromatic carbocycles. The fourth-order valence-corrected chi connectivity index (χ4v) is 2.36. The number of nitrogens with zero attached hydrogens (tertiary/aromatic N) is 1. The van der Waals surface area contributed by atoms with Crippen molar-refractivity contribution in [3.8, 4) is 5.75 Å². The first-order valence-corrected chi connectivity index (χ1v) is 6.13. The summed E-state index contributed by atoms with van der Waals surface area (Å²) in [6, 6.07) is 6.93. The zero-order valence-corrected chi connectivity index (χ0v) is 9.59. The maximum absolute atomic E-state index is 11.1. The standard InChI is InChI=1S/C10H7NO6S/c12-10-7-4-2-1-3-6(7)5-8(18(15,16)17)9(10)11(13)14/h1-5,12H,(H,15,16,17). The molecule has 8 heteroatoms. The second-order valence-corrected chi connectivity index (χ2v) is 4.92. The molecule has 0 aliphatic rings. The van der Waals surface area contributed by atoms with E-state index in [1.165, 1.54) is 12.1 Å². The zero-order valence-electron chi connectivity index (χ0n) is 8.77. The summed E-state index contributed by atoms with van der Waals surface area (Å²) in [5, 5.41) is 21.0. The van der Waals surface area contributed by atoms with Crippen molar-refractivity contribution in [3.05, 3.63) is 40.4 Å². The molecule has 0 spiro atoms. The van der Waals surface area contributed by atoms with Gasteiger partial charge in [-0.1, -0.05) is 24.3 Å². The van der Waals surface area contributed by atoms with E-state index < -0.39 is 31.4 Å². The number of nitro benzene ring substituents is 1. The van der Waals surface area contributed by atoms with Gasteiger partial charge in [-0.2, -0.15) is 8.42 Å². The zero-order chi connectivity index (χ0) is 13.5. The Labute approximate surface area is 101 Å². The Morgan fingerprint density at radius 1 is 1.22 bits per heavy atom. The molecule has 18 heavy (non-hydrogen) atoms. The number of phenolic OH excluding ortho intramolecular Hbond substituents is 1. The minimum atomic E-state index is -4.79. The van der Waals surface area contributed by atoms with Crippen molar-refractivity contribution in [2.24, 2.45) is 0 Å². The molecule has 0 radical (unpaired) electrons. The Balaban J connectivity index is 3.02. The van der Waals surface area contributed by atoms with Crippen LogP contribution in [0.3, 0.4) is 0 Å². The summed E-state index contributed by atoms with van der Waals surface area (Å²) < 4.78 is 31.1. The molecule has 94 valence electrons. The van der Waals surface area contributed by atoms with Crippen LogP contribution in [0.1, 0.15) is 0 Å². The SMILES string of the molecule is O=[N+]([O-])c1c(S(=O)(=O)O)cc2ccccc2c1O. The number of hydrogen-bond donors (Lipinski definition) is 2. The van der Waals surface area contributed by atoms with Crippen LogP contribution >= 0.6 is 0 Å². The summed E-state index contributed by atoms with van der Waals surface area (Å²) in [4.78, 5) is 8.83. The van der Waals surface area contributed by atoms with E-state index in [0.29, 0.717) is 0 Å². The first-order valence-electron chi connectivity index (χ1n) is 4.69. The minimum Gasteiger partial charge on any atom is -0.502 e. The molecule has 0 unspecified atom stereocenters. The van der Waals surface area contributed by atoms with Crippen LogP contribution in [0, 0.1) is 10.1 Å². The van der Waals surface area contributed by atoms with Gasteiger partial charge in [0.15, 0.2) is 4.90 Å². The second-order valence-electron chi connectivity index (χ2n) is 3.53. The Morgan fingerprint density at radius 3 is 2.39 bits per heavy atom. The van der Waals surface area contributed by atoms with E-state index in [2.05, 4.69) is 0 Å². The summed E-state index contributed by atoms with van der Waals surface area (Å²) in [7, 11) is -4.79. The Kier molecular flexibility index (Phi) is 2.68. The molecule has 0 saturated carbocycles. The summed E-state index contributed by atoms with van der Waals surface area (Å²) in [5.41, 5.74) is -1.03. The van der Waals surface area contributed by atoms with E-state index in [1.54, 1.807) is 12.1 Å². The van der Waals surface area contributed by atoms with Gasteiger partial charge in [-0.25, -0.2) is 0 Å². The van der Waals surface area contributed by atoms with Crippen molar-refractivity contribution < 1.29 is 23.0 Å². The first-order chi connectivity index (χ1) is 8.32. The molecule has 2 rings (SSSR count). The lowest BCUT2D eigenvalue weighted by Gasteiger charge is -2.05. The number of aromatic hydroxyl groups is 1. The van der Waals surface area contributed by atoms with Crippen molar-refractivity contribution in [1.82, 2.24) is 0 Å². The van der Waals surface area contributed by atoms with E-state index in [9.17, 15) is 23.6 Å². The quantitative estimate of drug-likeness (QED) is 0.486. The predicted octanol–water partition coefficient (Wildman–Crippen LogP) is 1.70. The lowest BCUT2D eigenvalue weighted by Crippen LogP contribution is -2.04. The molecule has 0 fully saturated rings. The molecule has 0 heterocycles. The van der Waals surface area contributed by atoms with Crippen LogP contribution in [-0.4, -0.2) is 23.0 Å². The van der Waals surface area contributed by atoms with Crippen LogP contribution in [0.15, 0.2) is 35.2 Å². The second kappa shape index (κ2) is 3.93. The van der Waals surface area contributed by atoms with Crippen LogP contribution in [0.5, 0.6) is 5.75 Å². The largest absolute Gasteiger partial charge is 0.502 e. The first kappa shape index (κ1) is 12.3. The van der Waals surface area contributed by atoms with E-state index in [4.69, 9.17) is 4.55 Å². The van der Waals surface area contributed by atoms with Crippen LogP contribution in [0.25, 0.3) is 10.8 Å². The van der Waals surface area contributed by atoms with Crippen molar-refractivity contribution in [1.29, 1.82) is 0 Å². The van der Waals surface area contributed by atoms with Gasteiger partial charge in [0.2, 0.25) is 5.75 Å². The fraction of sp³-hybridized carbons (Fsp3) is 0. The Morgan fingerprint density at radius 2 is 1.83 bits per heavy atom. The van der Waals surface area contributed by atoms with Crippen LogP contribution in [0.4, 0.5) is 5.69 Å². The fourth-order valence-electron chi connectivity index (χ4n) is 1.67. The topological polar surface area (TPSA) is 118 Å². The molecule has 0 aliphatic carbocycles. The van der Waals surface area contributed by atoms with Crippen molar-refractivity contribution in [3.63, 3.8) is 0 Å². The van der Waals surface area contributed by atoms with Crippen LogP contribution in [-0.2, 0) is 10.1 Å². The highest BCUT2D eigenvalue weighted by Gasteiger charge is 2.29. The highest BCUT2D eigenvalue weighted by molar-refractivity contribution is 7.86. The third-order valence-corrected chi connectivity index (χ3v) is 3.29. The molecule has 0 aromatic heterocycles. The molecular formula is C10H7NO6S. The number of fused-ring (bicyclic) bond motifs is 1. The lowest BCUT2D eigenvalue weighted by molar-refractivity contribution is -0.388. The van der Waals surface area contributed by atoms with E-state index >= 15 is 0 Å². The van der Waals surface area contributed by atoms with E-state index in [1.807, 2.05) is 0 Å². The molecule has 0 aliphatic heterocycles. The molecule has 0 saturated heterocycles. The number of rotatable bonds is 2. The molecule has 0 amide bonds. The monoisotopic (exact) mass is 269 g/mol. The Hall–Kier alpha value is -2.19. The van der Waals surface area contributed by atoms with Crippen molar-refractivity contribution in [2.75, 3.05) is 0 Å².